The molecule has 5 nitrogen and oxygen atoms in total. The van der Waals surface area contributed by atoms with E-state index in [1.165, 1.54) is 6.07 Å². The standard InChI is InChI=1S/C17H16ClFN2O3/c1-10-7-12(18)3-6-16(10)24-9-17(23)21-20-11(2)14-8-13(19)4-5-15(14)22/h3-8,22H,9H2,1-2H3,(H,21,23)/b20-11+. The van der Waals surface area contributed by atoms with Gasteiger partial charge in [0.1, 0.15) is 17.3 Å². The van der Waals surface area contributed by atoms with Crippen molar-refractivity contribution in [3.63, 3.8) is 0 Å². The molecule has 0 spiro atoms. The predicted octanol–water partition coefficient (Wildman–Crippen LogP) is 3.41. The second kappa shape index (κ2) is 7.79. The lowest BCUT2D eigenvalue weighted by atomic mass is 10.1. The van der Waals surface area contributed by atoms with Crippen LogP contribution in [0.3, 0.4) is 0 Å². The number of hydrazone groups is 1. The lowest BCUT2D eigenvalue weighted by Gasteiger charge is -2.09. The number of amides is 1. The molecule has 0 unspecified atom stereocenters. The third-order valence-electron chi connectivity index (χ3n) is 3.19. The maximum atomic E-state index is 13.2. The van der Waals surface area contributed by atoms with Crippen LogP contribution in [-0.4, -0.2) is 23.3 Å². The van der Waals surface area contributed by atoms with E-state index < -0.39 is 11.7 Å². The zero-order valence-electron chi connectivity index (χ0n) is 13.1. The number of rotatable bonds is 5. The average molecular weight is 351 g/mol. The number of nitrogens with one attached hydrogen (secondary N) is 1. The Morgan fingerprint density at radius 3 is 2.79 bits per heavy atom. The van der Waals surface area contributed by atoms with E-state index >= 15 is 0 Å². The van der Waals surface area contributed by atoms with E-state index in [9.17, 15) is 14.3 Å². The molecule has 1 amide bonds. The van der Waals surface area contributed by atoms with Crippen LogP contribution < -0.4 is 10.2 Å². The van der Waals surface area contributed by atoms with Crippen molar-refractivity contribution in [3.05, 3.63) is 58.4 Å². The number of phenolic OH excluding ortho intramolecular Hbond substituents is 1. The third-order valence-corrected chi connectivity index (χ3v) is 3.43. The predicted molar refractivity (Wildman–Crippen MR) is 90.1 cm³/mol. The molecule has 0 radical (unpaired) electrons. The summed E-state index contributed by atoms with van der Waals surface area (Å²) in [4.78, 5) is 11.8. The fraction of sp³-hybridized carbons (Fsp3) is 0.176. The summed E-state index contributed by atoms with van der Waals surface area (Å²) in [5.41, 5.74) is 3.56. The minimum absolute atomic E-state index is 0.125. The summed E-state index contributed by atoms with van der Waals surface area (Å²) in [6.07, 6.45) is 0. The van der Waals surface area contributed by atoms with Gasteiger partial charge in [0.25, 0.3) is 5.91 Å². The van der Waals surface area contributed by atoms with Crippen LogP contribution in [-0.2, 0) is 4.79 Å². The van der Waals surface area contributed by atoms with Gasteiger partial charge in [-0.1, -0.05) is 11.6 Å². The molecule has 0 heterocycles. The fourth-order valence-corrected chi connectivity index (χ4v) is 2.18. The Morgan fingerprint density at radius 2 is 2.08 bits per heavy atom. The van der Waals surface area contributed by atoms with Crippen LogP contribution in [0.2, 0.25) is 5.02 Å². The average Bonchev–Trinajstić information content (AvgIpc) is 2.54. The Hall–Kier alpha value is -2.60. The summed E-state index contributed by atoms with van der Waals surface area (Å²) in [5, 5.41) is 14.1. The molecule has 0 bridgehead atoms. The molecule has 0 aromatic heterocycles. The van der Waals surface area contributed by atoms with Crippen molar-refractivity contribution in [2.24, 2.45) is 5.10 Å². The normalized spacial score (nSPS) is 11.2. The van der Waals surface area contributed by atoms with Gasteiger partial charge in [0.05, 0.1) is 5.71 Å². The molecule has 24 heavy (non-hydrogen) atoms. The fourth-order valence-electron chi connectivity index (χ4n) is 1.95. The number of hydrogen-bond acceptors (Lipinski definition) is 4. The van der Waals surface area contributed by atoms with Gasteiger partial charge in [0.2, 0.25) is 0 Å². The lowest BCUT2D eigenvalue weighted by Crippen LogP contribution is -2.25. The first-order valence-electron chi connectivity index (χ1n) is 7.08. The van der Waals surface area contributed by atoms with Gasteiger partial charge in [-0.05, 0) is 55.8 Å². The number of halogens is 2. The van der Waals surface area contributed by atoms with Crippen molar-refractivity contribution < 1.29 is 19.0 Å². The molecule has 0 saturated heterocycles. The zero-order chi connectivity index (χ0) is 17.7. The largest absolute Gasteiger partial charge is 0.507 e. The topological polar surface area (TPSA) is 70.9 Å². The van der Waals surface area contributed by atoms with Gasteiger partial charge in [0, 0.05) is 10.6 Å². The molecule has 0 aliphatic heterocycles. The molecule has 2 N–H and O–H groups in total. The highest BCUT2D eigenvalue weighted by molar-refractivity contribution is 6.30. The number of hydrogen-bond donors (Lipinski definition) is 2. The van der Waals surface area contributed by atoms with Crippen LogP contribution in [0.25, 0.3) is 0 Å². The van der Waals surface area contributed by atoms with Crippen LogP contribution in [0.5, 0.6) is 11.5 Å². The zero-order valence-corrected chi connectivity index (χ0v) is 13.9. The van der Waals surface area contributed by atoms with Gasteiger partial charge in [-0.2, -0.15) is 5.10 Å². The molecule has 0 atom stereocenters. The molecule has 0 aliphatic rings. The summed E-state index contributed by atoms with van der Waals surface area (Å²) in [7, 11) is 0. The minimum Gasteiger partial charge on any atom is -0.507 e. The Balaban J connectivity index is 1.95. The van der Waals surface area contributed by atoms with E-state index in [1.54, 1.807) is 25.1 Å². The summed E-state index contributed by atoms with van der Waals surface area (Å²) in [6.45, 7) is 3.11. The highest BCUT2D eigenvalue weighted by atomic mass is 35.5. The first kappa shape index (κ1) is 17.7. The van der Waals surface area contributed by atoms with Crippen molar-refractivity contribution in [2.45, 2.75) is 13.8 Å². The number of phenols is 1. The molecule has 7 heteroatoms. The number of nitrogens with zero attached hydrogens (tertiary/aromatic N) is 1. The van der Waals surface area contributed by atoms with Crippen molar-refractivity contribution in [2.75, 3.05) is 6.61 Å². The smallest absolute Gasteiger partial charge is 0.277 e. The first-order chi connectivity index (χ1) is 11.4. The Kier molecular flexibility index (Phi) is 5.76. The molecule has 2 aromatic rings. The summed E-state index contributed by atoms with van der Waals surface area (Å²) in [6, 6.07) is 8.55. The van der Waals surface area contributed by atoms with Crippen LogP contribution in [0.1, 0.15) is 18.1 Å². The van der Waals surface area contributed by atoms with Crippen LogP contribution in [0.15, 0.2) is 41.5 Å². The molecule has 0 aliphatic carbocycles. The van der Waals surface area contributed by atoms with Gasteiger partial charge >= 0.3 is 0 Å². The lowest BCUT2D eigenvalue weighted by molar-refractivity contribution is -0.123. The number of aromatic hydroxyl groups is 1. The summed E-state index contributed by atoms with van der Waals surface area (Å²) in [5.74, 6) is -0.581. The van der Waals surface area contributed by atoms with E-state index in [0.29, 0.717) is 10.8 Å². The Morgan fingerprint density at radius 1 is 1.33 bits per heavy atom. The van der Waals surface area contributed by atoms with Gasteiger partial charge in [-0.15, -0.1) is 0 Å². The maximum Gasteiger partial charge on any atom is 0.277 e. The molecule has 0 fully saturated rings. The number of carbonyl (C=O) groups is 1. The minimum atomic E-state index is -0.509. The number of carbonyl (C=O) groups excluding carboxylic acids is 1. The second-order valence-corrected chi connectivity index (χ2v) is 5.53. The third kappa shape index (κ3) is 4.70. The quantitative estimate of drug-likeness (QED) is 0.641. The molecule has 126 valence electrons. The van der Waals surface area contributed by atoms with Gasteiger partial charge in [0.15, 0.2) is 6.61 Å². The van der Waals surface area contributed by atoms with Crippen molar-refractivity contribution >= 4 is 23.2 Å². The Bertz CT molecular complexity index is 793. The highest BCUT2D eigenvalue weighted by Crippen LogP contribution is 2.21. The molecule has 2 aromatic carbocycles. The highest BCUT2D eigenvalue weighted by Gasteiger charge is 2.08. The number of ether oxygens (including phenoxy) is 1. The Labute approximate surface area is 143 Å². The van der Waals surface area contributed by atoms with E-state index in [2.05, 4.69) is 10.5 Å². The van der Waals surface area contributed by atoms with Crippen LogP contribution >= 0.6 is 11.6 Å². The van der Waals surface area contributed by atoms with E-state index in [0.717, 1.165) is 17.7 Å². The molecular weight excluding hydrogens is 335 g/mol. The number of aryl methyl sites for hydroxylation is 1. The van der Waals surface area contributed by atoms with E-state index in [1.807, 2.05) is 6.92 Å². The molecular formula is C17H16ClFN2O3. The monoisotopic (exact) mass is 350 g/mol. The SMILES string of the molecule is C/C(=N\NC(=O)COc1ccc(Cl)cc1C)c1cc(F)ccc1O. The second-order valence-electron chi connectivity index (χ2n) is 5.09. The summed E-state index contributed by atoms with van der Waals surface area (Å²) < 4.78 is 18.6. The summed E-state index contributed by atoms with van der Waals surface area (Å²) >= 11 is 5.85. The van der Waals surface area contributed by atoms with Crippen LogP contribution in [0.4, 0.5) is 4.39 Å². The van der Waals surface area contributed by atoms with Crippen molar-refractivity contribution in [3.8, 4) is 11.5 Å². The molecule has 2 rings (SSSR count). The van der Waals surface area contributed by atoms with E-state index in [-0.39, 0.29) is 23.6 Å². The van der Waals surface area contributed by atoms with Crippen LogP contribution in [0, 0.1) is 12.7 Å². The van der Waals surface area contributed by atoms with E-state index in [4.69, 9.17) is 16.3 Å². The van der Waals surface area contributed by atoms with Gasteiger partial charge in [-0.25, -0.2) is 9.82 Å². The van der Waals surface area contributed by atoms with Gasteiger partial charge in [-0.3, -0.25) is 4.79 Å². The maximum absolute atomic E-state index is 13.2. The van der Waals surface area contributed by atoms with Crippen molar-refractivity contribution in [1.82, 2.24) is 5.43 Å². The first-order valence-corrected chi connectivity index (χ1v) is 7.45. The van der Waals surface area contributed by atoms with Crippen molar-refractivity contribution in [1.29, 1.82) is 0 Å². The number of benzene rings is 2. The van der Waals surface area contributed by atoms with Gasteiger partial charge < -0.3 is 9.84 Å². The molecule has 0 saturated carbocycles.